The van der Waals surface area contributed by atoms with E-state index in [1.165, 1.54) is 18.2 Å². The number of aromatic nitrogens is 2. The average Bonchev–Trinajstić information content (AvgIpc) is 3.12. The van der Waals surface area contributed by atoms with E-state index in [1.54, 1.807) is 18.3 Å². The van der Waals surface area contributed by atoms with Crippen molar-refractivity contribution < 1.29 is 24.5 Å². The van der Waals surface area contributed by atoms with Gasteiger partial charge in [-0.3, -0.25) is 4.79 Å². The number of aliphatic carboxylic acids is 1. The summed E-state index contributed by atoms with van der Waals surface area (Å²) in [5.41, 5.74) is 3.13. The van der Waals surface area contributed by atoms with E-state index in [9.17, 15) is 19.4 Å². The maximum absolute atomic E-state index is 13.6. The number of carboxylic acid groups (broad SMARTS) is 1. The number of carboxylic acids is 1. The van der Waals surface area contributed by atoms with E-state index in [0.29, 0.717) is 0 Å². The molecule has 2 aromatic carbocycles. The molecule has 1 heterocycles. The van der Waals surface area contributed by atoms with Crippen LogP contribution in [0.15, 0.2) is 60.7 Å². The normalized spacial score (nSPS) is 13.6. The number of rotatable bonds is 9. The van der Waals surface area contributed by atoms with Gasteiger partial charge in [0.1, 0.15) is 11.6 Å². The van der Waals surface area contributed by atoms with Crippen LogP contribution < -0.4 is 0 Å². The molecule has 0 fully saturated rings. The van der Waals surface area contributed by atoms with Gasteiger partial charge < -0.3 is 19.9 Å². The molecule has 2 atom stereocenters. The van der Waals surface area contributed by atoms with Crippen molar-refractivity contribution in [1.29, 1.82) is 0 Å². The van der Waals surface area contributed by atoms with Gasteiger partial charge in [-0.15, -0.1) is 0 Å². The molecule has 0 saturated carbocycles. The molecule has 0 aliphatic heterocycles. The molecule has 3 N–H and O–H groups in total. The minimum atomic E-state index is -1.16. The van der Waals surface area contributed by atoms with E-state index in [4.69, 9.17) is 10.1 Å². The van der Waals surface area contributed by atoms with E-state index in [0.717, 1.165) is 28.3 Å². The summed E-state index contributed by atoms with van der Waals surface area (Å²) in [6, 6.07) is 15.8. The van der Waals surface area contributed by atoms with Gasteiger partial charge in [0.25, 0.3) is 0 Å². The second-order valence-corrected chi connectivity index (χ2v) is 7.96. The highest BCUT2D eigenvalue weighted by Gasteiger charge is 2.21. The standard InChI is InChI=1S/C25H27FN2O4/c1-16(2)25-27-23(17-6-4-3-5-7-17)24(18-8-10-19(26)11-9-18)28(25)13-12-20(29)14-21(30)15-22(31)32/h3-13,16,20-21,29-30H,14-15H2,1-2H3,(H,31,32)/b13-12+. The number of aliphatic hydroxyl groups is 2. The summed E-state index contributed by atoms with van der Waals surface area (Å²) in [6.07, 6.45) is 0.424. The Morgan fingerprint density at radius 1 is 1.06 bits per heavy atom. The minimum Gasteiger partial charge on any atom is -0.481 e. The highest BCUT2D eigenvalue weighted by Crippen LogP contribution is 2.35. The number of benzene rings is 2. The molecule has 2 unspecified atom stereocenters. The first kappa shape index (κ1) is 23.4. The number of nitrogens with zero attached hydrogens (tertiary/aromatic N) is 2. The van der Waals surface area contributed by atoms with Crippen LogP contribution >= 0.6 is 0 Å². The van der Waals surface area contributed by atoms with Gasteiger partial charge in [0.05, 0.1) is 30.0 Å². The Morgan fingerprint density at radius 2 is 1.72 bits per heavy atom. The van der Waals surface area contributed by atoms with E-state index >= 15 is 0 Å². The number of hydrogen-bond acceptors (Lipinski definition) is 4. The third-order valence-electron chi connectivity index (χ3n) is 5.00. The number of halogens is 1. The Morgan fingerprint density at radius 3 is 2.31 bits per heavy atom. The predicted molar refractivity (Wildman–Crippen MR) is 121 cm³/mol. The van der Waals surface area contributed by atoms with Gasteiger partial charge in [0, 0.05) is 29.7 Å². The lowest BCUT2D eigenvalue weighted by Gasteiger charge is -2.13. The molecule has 3 rings (SSSR count). The van der Waals surface area contributed by atoms with Gasteiger partial charge >= 0.3 is 5.97 Å². The van der Waals surface area contributed by atoms with Crippen LogP contribution in [0.5, 0.6) is 0 Å². The predicted octanol–water partition coefficient (Wildman–Crippen LogP) is 4.54. The first-order chi connectivity index (χ1) is 15.3. The van der Waals surface area contributed by atoms with Gasteiger partial charge in [0.15, 0.2) is 0 Å². The fourth-order valence-corrected chi connectivity index (χ4v) is 3.52. The summed E-state index contributed by atoms with van der Waals surface area (Å²) in [7, 11) is 0. The summed E-state index contributed by atoms with van der Waals surface area (Å²) in [4.78, 5) is 15.6. The van der Waals surface area contributed by atoms with Gasteiger partial charge in [-0.05, 0) is 30.3 Å². The molecule has 168 valence electrons. The van der Waals surface area contributed by atoms with Crippen molar-refractivity contribution in [1.82, 2.24) is 9.55 Å². The molecule has 32 heavy (non-hydrogen) atoms. The van der Waals surface area contributed by atoms with Crippen LogP contribution in [0.1, 0.15) is 38.4 Å². The van der Waals surface area contributed by atoms with Crippen LogP contribution in [-0.2, 0) is 4.79 Å². The van der Waals surface area contributed by atoms with Gasteiger partial charge in [0.2, 0.25) is 0 Å². The van der Waals surface area contributed by atoms with Crippen molar-refractivity contribution in [2.24, 2.45) is 0 Å². The fraction of sp³-hybridized carbons (Fsp3) is 0.280. The monoisotopic (exact) mass is 438 g/mol. The highest BCUT2D eigenvalue weighted by atomic mass is 19.1. The Kier molecular flexibility index (Phi) is 7.56. The summed E-state index contributed by atoms with van der Waals surface area (Å²) in [5, 5.41) is 28.9. The van der Waals surface area contributed by atoms with Gasteiger partial charge in [-0.25, -0.2) is 9.37 Å². The molecule has 0 amide bonds. The van der Waals surface area contributed by atoms with Crippen LogP contribution in [0.4, 0.5) is 4.39 Å². The van der Waals surface area contributed by atoms with Crippen LogP contribution in [0, 0.1) is 5.82 Å². The van der Waals surface area contributed by atoms with Crippen molar-refractivity contribution in [2.45, 2.75) is 44.8 Å². The maximum atomic E-state index is 13.6. The van der Waals surface area contributed by atoms with Crippen LogP contribution in [-0.4, -0.2) is 43.0 Å². The molecule has 7 heteroatoms. The first-order valence-corrected chi connectivity index (χ1v) is 10.5. The summed E-state index contributed by atoms with van der Waals surface area (Å²) in [6.45, 7) is 4.01. The Hall–Kier alpha value is -3.29. The van der Waals surface area contributed by atoms with E-state index < -0.39 is 24.6 Å². The van der Waals surface area contributed by atoms with E-state index in [1.807, 2.05) is 48.7 Å². The molecular formula is C25H27FN2O4. The van der Waals surface area contributed by atoms with E-state index in [-0.39, 0.29) is 18.2 Å². The number of carbonyl (C=O) groups is 1. The molecular weight excluding hydrogens is 411 g/mol. The SMILES string of the molecule is CC(C)c1nc(-c2ccccc2)c(-c2ccc(F)cc2)n1/C=C/C(O)CC(O)CC(=O)O. The second-order valence-electron chi connectivity index (χ2n) is 7.96. The van der Waals surface area contributed by atoms with Crippen LogP contribution in [0.25, 0.3) is 28.7 Å². The largest absolute Gasteiger partial charge is 0.481 e. The third kappa shape index (κ3) is 5.69. The molecule has 0 radical (unpaired) electrons. The van der Waals surface area contributed by atoms with Crippen molar-refractivity contribution in [3.05, 3.63) is 72.3 Å². The zero-order valence-corrected chi connectivity index (χ0v) is 18.0. The molecule has 0 bridgehead atoms. The Bertz CT molecular complexity index is 1080. The molecule has 0 aliphatic rings. The van der Waals surface area contributed by atoms with Crippen molar-refractivity contribution in [3.8, 4) is 22.5 Å². The van der Waals surface area contributed by atoms with Crippen LogP contribution in [0.3, 0.4) is 0 Å². The lowest BCUT2D eigenvalue weighted by molar-refractivity contribution is -0.139. The highest BCUT2D eigenvalue weighted by molar-refractivity contribution is 5.80. The Balaban J connectivity index is 2.08. The van der Waals surface area contributed by atoms with E-state index in [2.05, 4.69) is 0 Å². The fourth-order valence-electron chi connectivity index (χ4n) is 3.52. The topological polar surface area (TPSA) is 95.6 Å². The van der Waals surface area contributed by atoms with Crippen molar-refractivity contribution in [2.75, 3.05) is 0 Å². The quantitative estimate of drug-likeness (QED) is 0.456. The molecule has 0 spiro atoms. The van der Waals surface area contributed by atoms with Crippen LogP contribution in [0.2, 0.25) is 0 Å². The van der Waals surface area contributed by atoms with Gasteiger partial charge in [-0.1, -0.05) is 44.2 Å². The molecule has 1 aromatic heterocycles. The average molecular weight is 438 g/mol. The summed E-state index contributed by atoms with van der Waals surface area (Å²) < 4.78 is 15.4. The number of imidazole rings is 1. The minimum absolute atomic E-state index is 0.0473. The maximum Gasteiger partial charge on any atom is 0.305 e. The third-order valence-corrected chi connectivity index (χ3v) is 5.00. The molecule has 0 aliphatic carbocycles. The Labute approximate surface area is 186 Å². The van der Waals surface area contributed by atoms with Crippen molar-refractivity contribution >= 4 is 12.2 Å². The second kappa shape index (κ2) is 10.3. The lowest BCUT2D eigenvalue weighted by Crippen LogP contribution is -2.19. The molecule has 0 saturated heterocycles. The van der Waals surface area contributed by atoms with Gasteiger partial charge in [-0.2, -0.15) is 0 Å². The number of aliphatic hydroxyl groups excluding tert-OH is 2. The first-order valence-electron chi connectivity index (χ1n) is 10.5. The smallest absolute Gasteiger partial charge is 0.305 e. The number of hydrogen-bond donors (Lipinski definition) is 3. The lowest BCUT2D eigenvalue weighted by atomic mass is 10.0. The van der Waals surface area contributed by atoms with Crippen molar-refractivity contribution in [3.63, 3.8) is 0 Å². The zero-order valence-electron chi connectivity index (χ0n) is 18.0. The molecule has 6 nitrogen and oxygen atoms in total. The summed E-state index contributed by atoms with van der Waals surface area (Å²) in [5.74, 6) is -0.677. The zero-order chi connectivity index (χ0) is 23.3. The summed E-state index contributed by atoms with van der Waals surface area (Å²) >= 11 is 0. The molecule has 3 aromatic rings.